The number of carbonyl (C=O) groups is 3. The molecule has 0 spiro atoms. The molecule has 26 heavy (non-hydrogen) atoms. The van der Waals surface area contributed by atoms with Crippen LogP contribution in [0.5, 0.6) is 0 Å². The zero-order valence-electron chi connectivity index (χ0n) is 14.7. The largest absolute Gasteiger partial charge is 0.324 e. The van der Waals surface area contributed by atoms with Crippen molar-refractivity contribution in [2.45, 2.75) is 19.4 Å². The Morgan fingerprint density at radius 3 is 2.31 bits per heavy atom. The molecule has 1 atom stereocenters. The molecular weight excluding hydrogens is 348 g/mol. The molecule has 134 valence electrons. The average molecular weight is 368 g/mol. The van der Waals surface area contributed by atoms with E-state index in [1.54, 1.807) is 42.1 Å². The van der Waals surface area contributed by atoms with Gasteiger partial charge in [0.15, 0.2) is 0 Å². The summed E-state index contributed by atoms with van der Waals surface area (Å²) >= 11 is 1.57. The van der Waals surface area contributed by atoms with E-state index in [1.807, 2.05) is 31.4 Å². The van der Waals surface area contributed by atoms with Crippen molar-refractivity contribution < 1.29 is 14.4 Å². The molecule has 0 saturated heterocycles. The summed E-state index contributed by atoms with van der Waals surface area (Å²) in [4.78, 5) is 39.5. The minimum atomic E-state index is -0.838. The van der Waals surface area contributed by atoms with E-state index >= 15 is 0 Å². The van der Waals surface area contributed by atoms with Gasteiger partial charge in [-0.2, -0.15) is 11.8 Å². The van der Waals surface area contributed by atoms with Gasteiger partial charge in [-0.1, -0.05) is 24.3 Å². The summed E-state index contributed by atoms with van der Waals surface area (Å²) < 4.78 is 0. The van der Waals surface area contributed by atoms with Gasteiger partial charge in [-0.15, -0.1) is 0 Å². The Hall–Kier alpha value is -2.60. The van der Waals surface area contributed by atoms with Crippen molar-refractivity contribution in [1.82, 2.24) is 4.90 Å². The number of anilines is 1. The van der Waals surface area contributed by atoms with E-state index in [9.17, 15) is 14.4 Å². The number of aryl methyl sites for hydroxylation is 1. The highest BCUT2D eigenvalue weighted by Crippen LogP contribution is 2.26. The predicted molar refractivity (Wildman–Crippen MR) is 104 cm³/mol. The molecule has 3 amide bonds. The van der Waals surface area contributed by atoms with Crippen LogP contribution in [0.2, 0.25) is 0 Å². The summed E-state index contributed by atoms with van der Waals surface area (Å²) in [5.74, 6) is -0.495. The third-order valence-corrected chi connectivity index (χ3v) is 4.96. The summed E-state index contributed by atoms with van der Waals surface area (Å²) in [7, 11) is 0. The minimum absolute atomic E-state index is 0.348. The fourth-order valence-corrected chi connectivity index (χ4v) is 3.51. The second kappa shape index (κ2) is 7.74. The van der Waals surface area contributed by atoms with Gasteiger partial charge in [0, 0.05) is 5.69 Å². The highest BCUT2D eigenvalue weighted by atomic mass is 32.2. The number of benzene rings is 2. The lowest BCUT2D eigenvalue weighted by molar-refractivity contribution is -0.120. The summed E-state index contributed by atoms with van der Waals surface area (Å²) in [6.07, 6.45) is 2.34. The van der Waals surface area contributed by atoms with Crippen molar-refractivity contribution in [3.8, 4) is 0 Å². The van der Waals surface area contributed by atoms with Crippen molar-refractivity contribution in [1.29, 1.82) is 0 Å². The molecule has 2 aromatic carbocycles. The Bertz CT molecular complexity index is 831. The van der Waals surface area contributed by atoms with Crippen LogP contribution in [0.4, 0.5) is 5.69 Å². The van der Waals surface area contributed by atoms with Crippen molar-refractivity contribution in [2.75, 3.05) is 17.3 Å². The summed E-state index contributed by atoms with van der Waals surface area (Å²) in [6.45, 7) is 1.94. The maximum atomic E-state index is 12.9. The zero-order valence-corrected chi connectivity index (χ0v) is 15.5. The molecule has 5 nitrogen and oxygen atoms in total. The third kappa shape index (κ3) is 3.51. The fourth-order valence-electron chi connectivity index (χ4n) is 3.05. The van der Waals surface area contributed by atoms with Crippen LogP contribution in [0.3, 0.4) is 0 Å². The minimum Gasteiger partial charge on any atom is -0.324 e. The molecule has 0 aliphatic carbocycles. The van der Waals surface area contributed by atoms with E-state index in [-0.39, 0.29) is 5.91 Å². The number of thioether (sulfide) groups is 1. The first-order chi connectivity index (χ1) is 12.5. The molecule has 1 N–H and O–H groups in total. The first-order valence-corrected chi connectivity index (χ1v) is 9.75. The van der Waals surface area contributed by atoms with E-state index in [1.165, 1.54) is 0 Å². The molecule has 6 heteroatoms. The lowest BCUT2D eigenvalue weighted by Crippen LogP contribution is -2.47. The monoisotopic (exact) mass is 368 g/mol. The maximum absolute atomic E-state index is 12.9. The molecule has 0 aromatic heterocycles. The van der Waals surface area contributed by atoms with Crippen LogP contribution >= 0.6 is 11.8 Å². The molecular formula is C20H20N2O3S. The number of nitrogens with zero attached hydrogens (tertiary/aromatic N) is 1. The van der Waals surface area contributed by atoms with Crippen LogP contribution in [-0.4, -0.2) is 40.7 Å². The normalized spacial score (nSPS) is 14.3. The van der Waals surface area contributed by atoms with Crippen LogP contribution in [0.25, 0.3) is 0 Å². The number of carbonyl (C=O) groups excluding carboxylic acids is 3. The molecule has 3 rings (SSSR count). The van der Waals surface area contributed by atoms with Crippen molar-refractivity contribution in [3.63, 3.8) is 0 Å². The lowest BCUT2D eigenvalue weighted by atomic mass is 10.1. The van der Waals surface area contributed by atoms with Gasteiger partial charge in [-0.25, -0.2) is 0 Å². The number of hydrogen-bond donors (Lipinski definition) is 1. The highest BCUT2D eigenvalue weighted by molar-refractivity contribution is 7.98. The summed E-state index contributed by atoms with van der Waals surface area (Å²) in [6, 6.07) is 13.3. The van der Waals surface area contributed by atoms with Crippen LogP contribution < -0.4 is 5.32 Å². The smallest absolute Gasteiger partial charge is 0.262 e. The molecule has 0 saturated carbocycles. The van der Waals surface area contributed by atoms with Crippen molar-refractivity contribution in [2.24, 2.45) is 0 Å². The van der Waals surface area contributed by atoms with E-state index in [4.69, 9.17) is 0 Å². The van der Waals surface area contributed by atoms with Gasteiger partial charge in [-0.05, 0) is 55.2 Å². The van der Waals surface area contributed by atoms with Crippen LogP contribution in [0, 0.1) is 6.92 Å². The molecule has 2 aromatic rings. The first-order valence-electron chi connectivity index (χ1n) is 8.36. The van der Waals surface area contributed by atoms with Crippen LogP contribution in [0.1, 0.15) is 32.7 Å². The number of fused-ring (bicyclic) bond motifs is 1. The standard InChI is InChI=1S/C20H20N2O3S/c1-13-6-5-7-14(12-13)21-18(23)17(10-11-26-2)22-19(24)15-8-3-4-9-16(15)20(22)25/h3-9,12,17H,10-11H2,1-2H3,(H,21,23). The van der Waals surface area contributed by atoms with Crippen LogP contribution in [0.15, 0.2) is 48.5 Å². The number of imide groups is 1. The van der Waals surface area contributed by atoms with Crippen molar-refractivity contribution in [3.05, 3.63) is 65.2 Å². The number of rotatable bonds is 6. The van der Waals surface area contributed by atoms with E-state index in [0.717, 1.165) is 10.5 Å². The van der Waals surface area contributed by atoms with Gasteiger partial charge in [0.1, 0.15) is 6.04 Å². The molecule has 0 bridgehead atoms. The van der Waals surface area contributed by atoms with Gasteiger partial charge in [0.25, 0.3) is 11.8 Å². The molecule has 1 unspecified atom stereocenters. The SMILES string of the molecule is CSCCC(C(=O)Nc1cccc(C)c1)N1C(=O)c2ccccc2C1=O. The Morgan fingerprint density at radius 2 is 1.73 bits per heavy atom. The molecule has 0 fully saturated rings. The lowest BCUT2D eigenvalue weighted by Gasteiger charge is -2.25. The number of amides is 3. The fraction of sp³-hybridized carbons (Fsp3) is 0.250. The van der Waals surface area contributed by atoms with Crippen molar-refractivity contribution >= 4 is 35.2 Å². The molecule has 1 aliphatic heterocycles. The van der Waals surface area contributed by atoms with Gasteiger partial charge < -0.3 is 5.32 Å². The average Bonchev–Trinajstić information content (AvgIpc) is 2.87. The Kier molecular flexibility index (Phi) is 5.42. The molecule has 1 aliphatic rings. The number of nitrogens with one attached hydrogen (secondary N) is 1. The van der Waals surface area contributed by atoms with Gasteiger partial charge in [0.2, 0.25) is 5.91 Å². The topological polar surface area (TPSA) is 66.5 Å². The van der Waals surface area contributed by atoms with E-state index < -0.39 is 17.9 Å². The Balaban J connectivity index is 1.88. The van der Waals surface area contributed by atoms with E-state index in [0.29, 0.717) is 29.0 Å². The Morgan fingerprint density at radius 1 is 1.08 bits per heavy atom. The van der Waals surface area contributed by atoms with Gasteiger partial charge in [0.05, 0.1) is 11.1 Å². The summed E-state index contributed by atoms with van der Waals surface area (Å²) in [5, 5.41) is 2.84. The number of hydrogen-bond acceptors (Lipinski definition) is 4. The third-order valence-electron chi connectivity index (χ3n) is 4.32. The quantitative estimate of drug-likeness (QED) is 0.794. The van der Waals surface area contributed by atoms with Crippen LogP contribution in [-0.2, 0) is 4.79 Å². The zero-order chi connectivity index (χ0) is 18.7. The predicted octanol–water partition coefficient (Wildman–Crippen LogP) is 3.35. The molecule has 1 heterocycles. The summed E-state index contributed by atoms with van der Waals surface area (Å²) in [5.41, 5.74) is 2.38. The maximum Gasteiger partial charge on any atom is 0.262 e. The highest BCUT2D eigenvalue weighted by Gasteiger charge is 2.42. The molecule has 0 radical (unpaired) electrons. The Labute approximate surface area is 156 Å². The van der Waals surface area contributed by atoms with Gasteiger partial charge in [-0.3, -0.25) is 19.3 Å². The first kappa shape index (κ1) is 18.2. The van der Waals surface area contributed by atoms with Gasteiger partial charge >= 0.3 is 0 Å². The second-order valence-corrected chi connectivity index (χ2v) is 7.17. The second-order valence-electron chi connectivity index (χ2n) is 6.18. The van der Waals surface area contributed by atoms with E-state index in [2.05, 4.69) is 5.32 Å².